The van der Waals surface area contributed by atoms with Gasteiger partial charge in [0.15, 0.2) is 11.6 Å². The van der Waals surface area contributed by atoms with Gasteiger partial charge < -0.3 is 14.8 Å². The Morgan fingerprint density at radius 1 is 1.26 bits per heavy atom. The minimum absolute atomic E-state index is 0.0186. The first-order valence-electron chi connectivity index (χ1n) is 13.3. The fourth-order valence-electron chi connectivity index (χ4n) is 5.19. The van der Waals surface area contributed by atoms with Crippen molar-refractivity contribution in [2.24, 2.45) is 15.9 Å². The third-order valence-corrected chi connectivity index (χ3v) is 7.15. The monoisotopic (exact) mass is 521 g/mol. The first kappa shape index (κ1) is 27.6. The molecule has 1 aliphatic heterocycles. The smallest absolute Gasteiger partial charge is 0.167 e. The normalized spacial score (nSPS) is 16.0. The van der Waals surface area contributed by atoms with Crippen LogP contribution >= 0.6 is 0 Å². The van der Waals surface area contributed by atoms with Gasteiger partial charge in [-0.1, -0.05) is 13.0 Å². The first-order chi connectivity index (χ1) is 18.3. The van der Waals surface area contributed by atoms with E-state index in [1.54, 1.807) is 6.07 Å². The highest BCUT2D eigenvalue weighted by Gasteiger charge is 2.20. The summed E-state index contributed by atoms with van der Waals surface area (Å²) in [6.07, 6.45) is 6.32. The molecular weight excluding hydrogens is 484 g/mol. The Hall–Kier alpha value is -3.46. The third-order valence-electron chi connectivity index (χ3n) is 7.15. The number of aliphatic imine (C=N–C) groups is 2. The number of aromatic nitrogens is 3. The summed E-state index contributed by atoms with van der Waals surface area (Å²) in [7, 11) is 0. The number of allylic oxidation sites excluding steroid dienone is 1. The van der Waals surface area contributed by atoms with Crippen molar-refractivity contribution in [2.75, 3.05) is 31.6 Å². The second-order valence-electron chi connectivity index (χ2n) is 10.1. The molecule has 0 radical (unpaired) electrons. The largest absolute Gasteiger partial charge is 0.351 e. The highest BCUT2D eigenvalue weighted by atomic mass is 19.1. The van der Waals surface area contributed by atoms with E-state index in [2.05, 4.69) is 49.9 Å². The molecule has 1 aliphatic rings. The average Bonchev–Trinajstić information content (AvgIpc) is 3.24. The minimum atomic E-state index is -0.703. The van der Waals surface area contributed by atoms with Gasteiger partial charge in [0.25, 0.3) is 0 Å². The third kappa shape index (κ3) is 6.32. The Kier molecular flexibility index (Phi) is 8.99. The number of anilines is 1. The van der Waals surface area contributed by atoms with Gasteiger partial charge in [-0.2, -0.15) is 0 Å². The molecule has 0 amide bonds. The number of aryl methyl sites for hydroxylation is 1. The van der Waals surface area contributed by atoms with E-state index in [1.165, 1.54) is 24.5 Å². The number of hydrogen-bond acceptors (Lipinski definition) is 6. The number of rotatable bonds is 10. The van der Waals surface area contributed by atoms with Gasteiger partial charge in [-0.3, -0.25) is 9.98 Å². The van der Waals surface area contributed by atoms with Crippen LogP contribution in [0.15, 0.2) is 52.5 Å². The molecule has 38 heavy (non-hydrogen) atoms. The lowest BCUT2D eigenvalue weighted by atomic mass is 9.91. The Morgan fingerprint density at radius 3 is 2.66 bits per heavy atom. The van der Waals surface area contributed by atoms with Crippen LogP contribution in [-0.4, -0.2) is 58.2 Å². The number of pyridine rings is 1. The Bertz CT molecular complexity index is 1320. The lowest BCUT2D eigenvalue weighted by molar-refractivity contribution is 0.192. The fraction of sp³-hybridized carbons (Fsp3) is 0.448. The predicted octanol–water partition coefficient (Wildman–Crippen LogP) is 6.10. The standard InChI is InChI=1S/C29H37F2N7/c1-6-37-11-9-21(10-12-37)13-22-7-8-27(33-16-22)34-18-35-28(25(31)17-32-5)23-14-24(30)29-26(15-23)38(19(2)3)20(4)36-29/h7-8,14-17,19,21H,5-6,9-13,18H2,1-4H3,(H,33,34)/b25-17+,35-28-. The number of benzene rings is 1. The van der Waals surface area contributed by atoms with Crippen LogP contribution in [-0.2, 0) is 6.42 Å². The SMILES string of the molecule is C=N/C=C(F)\C(=N/CNc1ccc(CC2CCN(CC)CC2)cn1)c1cc(F)c2nc(C)n(C(C)C)c2c1. The molecule has 1 aromatic carbocycles. The number of nitrogens with zero attached hydrogens (tertiary/aromatic N) is 6. The van der Waals surface area contributed by atoms with E-state index < -0.39 is 11.6 Å². The lowest BCUT2D eigenvalue weighted by Crippen LogP contribution is -2.34. The van der Waals surface area contributed by atoms with Crippen LogP contribution in [0.1, 0.15) is 56.6 Å². The van der Waals surface area contributed by atoms with Crippen LogP contribution < -0.4 is 5.32 Å². The molecule has 0 aliphatic carbocycles. The van der Waals surface area contributed by atoms with E-state index in [4.69, 9.17) is 0 Å². The van der Waals surface area contributed by atoms with Crippen LogP contribution in [0.5, 0.6) is 0 Å². The minimum Gasteiger partial charge on any atom is -0.351 e. The molecule has 1 N–H and O–H groups in total. The average molecular weight is 522 g/mol. The Balaban J connectivity index is 1.50. The van der Waals surface area contributed by atoms with Crippen molar-refractivity contribution in [1.82, 2.24) is 19.4 Å². The quantitative estimate of drug-likeness (QED) is 0.327. The topological polar surface area (TPSA) is 70.7 Å². The van der Waals surface area contributed by atoms with Crippen molar-refractivity contribution in [2.45, 2.75) is 53.0 Å². The summed E-state index contributed by atoms with van der Waals surface area (Å²) in [5.41, 5.74) is 2.33. The summed E-state index contributed by atoms with van der Waals surface area (Å²) >= 11 is 0. The number of halogens is 2. The van der Waals surface area contributed by atoms with Gasteiger partial charge in [-0.25, -0.2) is 18.7 Å². The second kappa shape index (κ2) is 12.4. The highest BCUT2D eigenvalue weighted by Crippen LogP contribution is 2.26. The van der Waals surface area contributed by atoms with Gasteiger partial charge >= 0.3 is 0 Å². The summed E-state index contributed by atoms with van der Waals surface area (Å²) in [6, 6.07) is 7.02. The maximum atomic E-state index is 15.0. The summed E-state index contributed by atoms with van der Waals surface area (Å²) in [5.74, 6) is 0.783. The number of hydrogen-bond donors (Lipinski definition) is 1. The van der Waals surface area contributed by atoms with E-state index in [0.29, 0.717) is 28.6 Å². The molecule has 0 atom stereocenters. The number of piperidine rings is 1. The van der Waals surface area contributed by atoms with Crippen molar-refractivity contribution < 1.29 is 8.78 Å². The van der Waals surface area contributed by atoms with Crippen molar-refractivity contribution in [3.8, 4) is 0 Å². The summed E-state index contributed by atoms with van der Waals surface area (Å²) in [6.45, 7) is 14.9. The van der Waals surface area contributed by atoms with Crippen molar-refractivity contribution in [3.05, 3.63) is 65.3 Å². The molecule has 0 unspecified atom stereocenters. The van der Waals surface area contributed by atoms with Gasteiger partial charge in [0.2, 0.25) is 0 Å². The lowest BCUT2D eigenvalue weighted by Gasteiger charge is -2.31. The van der Waals surface area contributed by atoms with Crippen molar-refractivity contribution in [3.63, 3.8) is 0 Å². The molecule has 1 fully saturated rings. The van der Waals surface area contributed by atoms with Gasteiger partial charge in [0, 0.05) is 17.8 Å². The molecule has 3 aromatic rings. The molecule has 7 nitrogen and oxygen atoms in total. The fourth-order valence-corrected chi connectivity index (χ4v) is 5.19. The van der Waals surface area contributed by atoms with Crippen molar-refractivity contribution >= 4 is 29.3 Å². The molecule has 9 heteroatoms. The van der Waals surface area contributed by atoms with E-state index in [9.17, 15) is 0 Å². The number of fused-ring (bicyclic) bond motifs is 1. The van der Waals surface area contributed by atoms with Gasteiger partial charge in [0.1, 0.15) is 29.5 Å². The Morgan fingerprint density at radius 2 is 2.03 bits per heavy atom. The van der Waals surface area contributed by atoms with Gasteiger partial charge in [-0.15, -0.1) is 0 Å². The molecular formula is C29H37F2N7. The molecule has 0 bridgehead atoms. The van der Waals surface area contributed by atoms with E-state index in [1.807, 2.05) is 37.6 Å². The second-order valence-corrected chi connectivity index (χ2v) is 10.1. The van der Waals surface area contributed by atoms with Gasteiger partial charge in [-0.05, 0) is 96.1 Å². The highest BCUT2D eigenvalue weighted by molar-refractivity contribution is 6.12. The Labute approximate surface area is 223 Å². The molecule has 3 heterocycles. The van der Waals surface area contributed by atoms with Crippen molar-refractivity contribution in [1.29, 1.82) is 0 Å². The zero-order valence-corrected chi connectivity index (χ0v) is 22.7. The summed E-state index contributed by atoms with van der Waals surface area (Å²) < 4.78 is 31.9. The van der Waals surface area contributed by atoms with E-state index >= 15 is 8.78 Å². The van der Waals surface area contributed by atoms with Crippen LogP contribution in [0.2, 0.25) is 0 Å². The molecule has 2 aromatic heterocycles. The van der Waals surface area contributed by atoms with Gasteiger partial charge in [0.05, 0.1) is 11.7 Å². The molecule has 0 spiro atoms. The maximum Gasteiger partial charge on any atom is 0.167 e. The molecule has 1 saturated heterocycles. The van der Waals surface area contributed by atoms with Crippen LogP contribution in [0.25, 0.3) is 11.0 Å². The molecule has 4 rings (SSSR count). The number of likely N-dealkylation sites (tertiary alicyclic amines) is 1. The predicted molar refractivity (Wildman–Crippen MR) is 151 cm³/mol. The summed E-state index contributed by atoms with van der Waals surface area (Å²) in [4.78, 5) is 19.3. The number of imidazole rings is 1. The van der Waals surface area contributed by atoms with Crippen LogP contribution in [0.4, 0.5) is 14.6 Å². The first-order valence-corrected chi connectivity index (χ1v) is 13.3. The molecule has 0 saturated carbocycles. The number of nitrogens with one attached hydrogen (secondary N) is 1. The molecule has 202 valence electrons. The van der Waals surface area contributed by atoms with Crippen LogP contribution in [0.3, 0.4) is 0 Å². The zero-order valence-electron chi connectivity index (χ0n) is 22.7. The zero-order chi connectivity index (χ0) is 27.2. The summed E-state index contributed by atoms with van der Waals surface area (Å²) in [5, 5.41) is 3.11. The van der Waals surface area contributed by atoms with Crippen LogP contribution in [0, 0.1) is 18.7 Å². The maximum absolute atomic E-state index is 15.0. The van der Waals surface area contributed by atoms with E-state index in [-0.39, 0.29) is 23.9 Å². The van der Waals surface area contributed by atoms with E-state index in [0.717, 1.165) is 32.3 Å².